The quantitative estimate of drug-likeness (QED) is 0.664. The van der Waals surface area contributed by atoms with Crippen LogP contribution in [-0.4, -0.2) is 27.6 Å². The molecule has 0 fully saturated rings. The second-order valence-corrected chi connectivity index (χ2v) is 5.98. The summed E-state index contributed by atoms with van der Waals surface area (Å²) in [5, 5.41) is 9.56. The van der Waals surface area contributed by atoms with Gasteiger partial charge in [-0.25, -0.2) is 5.10 Å². The average molecular weight is 338 g/mol. The third-order valence-electron chi connectivity index (χ3n) is 3.98. The molecule has 0 atom stereocenters. The maximum absolute atomic E-state index is 12.2. The number of pyridine rings is 1. The third kappa shape index (κ3) is 3.65. The van der Waals surface area contributed by atoms with Gasteiger partial charge < -0.3 is 10.3 Å². The summed E-state index contributed by atoms with van der Waals surface area (Å²) in [4.78, 5) is 38.0. The Labute approximate surface area is 143 Å². The summed E-state index contributed by atoms with van der Waals surface area (Å²) >= 11 is 0. The lowest BCUT2D eigenvalue weighted by atomic mass is 10.0. The van der Waals surface area contributed by atoms with E-state index < -0.39 is 5.91 Å². The van der Waals surface area contributed by atoms with Gasteiger partial charge in [-0.15, -0.1) is 0 Å². The van der Waals surface area contributed by atoms with E-state index in [2.05, 4.69) is 26.6 Å². The van der Waals surface area contributed by atoms with E-state index in [1.54, 1.807) is 0 Å². The lowest BCUT2D eigenvalue weighted by molar-refractivity contribution is 0.0948. The van der Waals surface area contributed by atoms with Crippen molar-refractivity contribution >= 4 is 16.8 Å². The molecule has 0 spiro atoms. The second kappa shape index (κ2) is 6.72. The van der Waals surface area contributed by atoms with Gasteiger partial charge in [-0.1, -0.05) is 6.07 Å². The number of rotatable bonds is 4. The molecule has 3 aromatic rings. The van der Waals surface area contributed by atoms with Gasteiger partial charge in [0.05, 0.1) is 0 Å². The predicted molar refractivity (Wildman–Crippen MR) is 94.9 cm³/mol. The van der Waals surface area contributed by atoms with Gasteiger partial charge in [0.25, 0.3) is 17.0 Å². The molecule has 0 unspecified atom stereocenters. The Kier molecular flexibility index (Phi) is 4.47. The van der Waals surface area contributed by atoms with Crippen LogP contribution in [0.1, 0.15) is 27.2 Å². The Morgan fingerprint density at radius 2 is 1.96 bits per heavy atom. The van der Waals surface area contributed by atoms with Crippen LogP contribution in [0, 0.1) is 13.8 Å². The molecule has 128 valence electrons. The minimum atomic E-state index is -0.403. The van der Waals surface area contributed by atoms with Crippen molar-refractivity contribution in [1.82, 2.24) is 20.5 Å². The van der Waals surface area contributed by atoms with Gasteiger partial charge in [0.2, 0.25) is 0 Å². The number of nitrogens with one attached hydrogen (secondary N) is 3. The lowest BCUT2D eigenvalue weighted by Gasteiger charge is -2.08. The van der Waals surface area contributed by atoms with Gasteiger partial charge in [0.15, 0.2) is 0 Å². The monoisotopic (exact) mass is 338 g/mol. The molecule has 2 aromatic heterocycles. The van der Waals surface area contributed by atoms with Gasteiger partial charge >= 0.3 is 0 Å². The SMILES string of the molecule is Cc1cc(C)c2cc(CCNC(=O)c3ccc(=O)[nH]n3)c(=O)[nH]c2c1. The number of nitrogens with zero attached hydrogens (tertiary/aromatic N) is 1. The smallest absolute Gasteiger partial charge is 0.271 e. The molecule has 0 aliphatic heterocycles. The molecule has 0 aliphatic carbocycles. The Morgan fingerprint density at radius 3 is 2.68 bits per heavy atom. The Morgan fingerprint density at radius 1 is 1.16 bits per heavy atom. The van der Waals surface area contributed by atoms with Crippen molar-refractivity contribution in [3.63, 3.8) is 0 Å². The highest BCUT2D eigenvalue weighted by molar-refractivity contribution is 5.92. The molecular weight excluding hydrogens is 320 g/mol. The molecular formula is C18H18N4O3. The molecule has 3 N–H and O–H groups in total. The van der Waals surface area contributed by atoms with Gasteiger partial charge in [-0.05, 0) is 49.6 Å². The minimum Gasteiger partial charge on any atom is -0.350 e. The van der Waals surface area contributed by atoms with Crippen LogP contribution in [-0.2, 0) is 6.42 Å². The van der Waals surface area contributed by atoms with E-state index in [1.807, 2.05) is 26.0 Å². The van der Waals surface area contributed by atoms with Crippen molar-refractivity contribution in [2.75, 3.05) is 6.54 Å². The summed E-state index contributed by atoms with van der Waals surface area (Å²) < 4.78 is 0. The van der Waals surface area contributed by atoms with Crippen molar-refractivity contribution < 1.29 is 4.79 Å². The first kappa shape index (κ1) is 16.6. The molecule has 2 heterocycles. The van der Waals surface area contributed by atoms with Crippen LogP contribution in [0.15, 0.2) is 39.9 Å². The van der Waals surface area contributed by atoms with Gasteiger partial charge in [0, 0.05) is 29.1 Å². The van der Waals surface area contributed by atoms with Crippen molar-refractivity contribution in [2.24, 2.45) is 0 Å². The zero-order valence-electron chi connectivity index (χ0n) is 14.0. The number of benzene rings is 1. The number of fused-ring (bicyclic) bond motifs is 1. The summed E-state index contributed by atoms with van der Waals surface area (Å²) in [6.45, 7) is 4.28. The highest BCUT2D eigenvalue weighted by Crippen LogP contribution is 2.18. The van der Waals surface area contributed by atoms with Crippen LogP contribution in [0.4, 0.5) is 0 Å². The van der Waals surface area contributed by atoms with Crippen LogP contribution >= 0.6 is 0 Å². The van der Waals surface area contributed by atoms with Crippen LogP contribution in [0.3, 0.4) is 0 Å². The molecule has 0 saturated carbocycles. The summed E-state index contributed by atoms with van der Waals surface area (Å²) in [5.41, 5.74) is 3.20. The van der Waals surface area contributed by atoms with E-state index in [-0.39, 0.29) is 16.8 Å². The molecule has 7 nitrogen and oxygen atoms in total. The first-order chi connectivity index (χ1) is 11.9. The predicted octanol–water partition coefficient (Wildman–Crippen LogP) is 1.20. The summed E-state index contributed by atoms with van der Waals surface area (Å²) in [6, 6.07) is 8.46. The lowest BCUT2D eigenvalue weighted by Crippen LogP contribution is -2.29. The maximum Gasteiger partial charge on any atom is 0.271 e. The van der Waals surface area contributed by atoms with Crippen LogP contribution < -0.4 is 16.4 Å². The number of aryl methyl sites for hydroxylation is 2. The normalized spacial score (nSPS) is 10.8. The fourth-order valence-electron chi connectivity index (χ4n) is 2.77. The van der Waals surface area contributed by atoms with Gasteiger partial charge in [0.1, 0.15) is 5.69 Å². The summed E-state index contributed by atoms with van der Waals surface area (Å²) in [6.07, 6.45) is 0.397. The average Bonchev–Trinajstić information content (AvgIpc) is 2.56. The van der Waals surface area contributed by atoms with E-state index >= 15 is 0 Å². The fraction of sp³-hybridized carbons (Fsp3) is 0.222. The standard InChI is InChI=1S/C18H18N4O3/c1-10-7-11(2)13-9-12(17(24)20-15(13)8-10)5-6-19-18(25)14-3-4-16(23)22-21-14/h3-4,7-9H,5-6H2,1-2H3,(H,19,25)(H,20,24)(H,22,23). The number of hydrogen-bond acceptors (Lipinski definition) is 4. The Hall–Kier alpha value is -3.22. The van der Waals surface area contributed by atoms with Gasteiger partial charge in [-0.3, -0.25) is 14.4 Å². The zero-order chi connectivity index (χ0) is 18.0. The van der Waals surface area contributed by atoms with Gasteiger partial charge in [-0.2, -0.15) is 5.10 Å². The van der Waals surface area contributed by atoms with Crippen molar-refractivity contribution in [2.45, 2.75) is 20.3 Å². The summed E-state index contributed by atoms with van der Waals surface area (Å²) in [7, 11) is 0. The van der Waals surface area contributed by atoms with Crippen molar-refractivity contribution in [1.29, 1.82) is 0 Å². The second-order valence-electron chi connectivity index (χ2n) is 5.98. The highest BCUT2D eigenvalue weighted by Gasteiger charge is 2.09. The molecule has 0 radical (unpaired) electrons. The molecule has 0 bridgehead atoms. The summed E-state index contributed by atoms with van der Waals surface area (Å²) in [5.74, 6) is -0.403. The topological polar surface area (TPSA) is 108 Å². The van der Waals surface area contributed by atoms with E-state index in [4.69, 9.17) is 0 Å². The molecule has 1 amide bonds. The molecule has 7 heteroatoms. The number of H-pyrrole nitrogens is 2. The van der Waals surface area contributed by atoms with Crippen LogP contribution in [0.25, 0.3) is 10.9 Å². The fourth-order valence-corrected chi connectivity index (χ4v) is 2.77. The number of aromatic amines is 2. The highest BCUT2D eigenvalue weighted by atomic mass is 16.2. The van der Waals surface area contributed by atoms with E-state index in [0.29, 0.717) is 18.5 Å². The number of hydrogen-bond donors (Lipinski definition) is 3. The molecule has 3 rings (SSSR count). The number of amides is 1. The molecule has 25 heavy (non-hydrogen) atoms. The Balaban J connectivity index is 1.74. The first-order valence-electron chi connectivity index (χ1n) is 7.91. The Bertz CT molecular complexity index is 1050. The van der Waals surface area contributed by atoms with E-state index in [1.165, 1.54) is 12.1 Å². The number of aromatic nitrogens is 3. The largest absolute Gasteiger partial charge is 0.350 e. The molecule has 0 saturated heterocycles. The molecule has 0 aliphatic rings. The van der Waals surface area contributed by atoms with E-state index in [0.717, 1.165) is 22.0 Å². The van der Waals surface area contributed by atoms with E-state index in [9.17, 15) is 14.4 Å². The minimum absolute atomic E-state index is 0.123. The van der Waals surface area contributed by atoms with Crippen LogP contribution in [0.2, 0.25) is 0 Å². The first-order valence-corrected chi connectivity index (χ1v) is 7.91. The van der Waals surface area contributed by atoms with Crippen molar-refractivity contribution in [3.8, 4) is 0 Å². The van der Waals surface area contributed by atoms with Crippen LogP contribution in [0.5, 0.6) is 0 Å². The zero-order valence-corrected chi connectivity index (χ0v) is 14.0. The number of carbonyl (C=O) groups is 1. The number of carbonyl (C=O) groups excluding carboxylic acids is 1. The maximum atomic E-state index is 12.2. The third-order valence-corrected chi connectivity index (χ3v) is 3.98. The molecule has 1 aromatic carbocycles. The van der Waals surface area contributed by atoms with Crippen molar-refractivity contribution in [3.05, 3.63) is 73.4 Å².